The van der Waals surface area contributed by atoms with Crippen LogP contribution in [0.15, 0.2) is 10.7 Å². The topological polar surface area (TPSA) is 29.9 Å². The minimum atomic E-state index is 0.465. The summed E-state index contributed by atoms with van der Waals surface area (Å²) in [4.78, 5) is 0. The first-order valence-electron chi connectivity index (χ1n) is 8.58. The number of nitrogens with one attached hydrogen (secondary N) is 1. The lowest BCUT2D eigenvalue weighted by atomic mass is 9.50. The number of hydrogen-bond donors (Lipinski definition) is 1. The lowest BCUT2D eigenvalue weighted by Crippen LogP contribution is -2.50. The van der Waals surface area contributed by atoms with Gasteiger partial charge in [-0.15, -0.1) is 0 Å². The molecule has 0 aliphatic heterocycles. The number of rotatable bonds is 4. The van der Waals surface area contributed by atoms with Gasteiger partial charge in [-0.1, -0.05) is 6.92 Å². The lowest BCUT2D eigenvalue weighted by molar-refractivity contribution is -0.0534. The first-order valence-corrected chi connectivity index (χ1v) is 9.37. The van der Waals surface area contributed by atoms with Crippen LogP contribution in [0.25, 0.3) is 0 Å². The number of aromatic nitrogens is 2. The van der Waals surface area contributed by atoms with Gasteiger partial charge in [0.15, 0.2) is 0 Å². The molecule has 1 N–H and O–H groups in total. The molecule has 1 unspecified atom stereocenters. The van der Waals surface area contributed by atoms with Crippen LogP contribution < -0.4 is 5.32 Å². The van der Waals surface area contributed by atoms with Crippen molar-refractivity contribution in [1.82, 2.24) is 15.1 Å². The average Bonchev–Trinajstić information content (AvgIpc) is 2.76. The molecule has 1 aromatic rings. The molecule has 116 valence electrons. The van der Waals surface area contributed by atoms with E-state index in [9.17, 15) is 0 Å². The van der Waals surface area contributed by atoms with Gasteiger partial charge in [0.1, 0.15) is 0 Å². The molecule has 4 saturated carbocycles. The van der Waals surface area contributed by atoms with Crippen LogP contribution in [0.2, 0.25) is 0 Å². The molecular weight excluding hydrogens is 326 g/mol. The summed E-state index contributed by atoms with van der Waals surface area (Å²) in [5, 5.41) is 8.27. The standard InChI is InChI=1S/C17H26BrN3/c1-3-19-16(17-14(18)9-20-21(17)2)15-12-5-10-4-11(7-12)8-13(15)6-10/h9-13,15-16,19H,3-8H2,1-2H3. The molecule has 1 aromatic heterocycles. The van der Waals surface area contributed by atoms with Crippen molar-refractivity contribution < 1.29 is 0 Å². The van der Waals surface area contributed by atoms with Crippen molar-refractivity contribution in [2.45, 2.75) is 45.1 Å². The van der Waals surface area contributed by atoms with Gasteiger partial charge in [-0.05, 0) is 84.2 Å². The normalized spacial score (nSPS) is 38.9. The van der Waals surface area contributed by atoms with Crippen molar-refractivity contribution in [3.63, 3.8) is 0 Å². The van der Waals surface area contributed by atoms with Crippen LogP contribution in [0.3, 0.4) is 0 Å². The largest absolute Gasteiger partial charge is 0.309 e. The van der Waals surface area contributed by atoms with Crippen LogP contribution in [0, 0.1) is 29.6 Å². The van der Waals surface area contributed by atoms with E-state index in [1.54, 1.807) is 0 Å². The fraction of sp³-hybridized carbons (Fsp3) is 0.824. The first-order chi connectivity index (χ1) is 10.2. The van der Waals surface area contributed by atoms with E-state index in [0.29, 0.717) is 6.04 Å². The van der Waals surface area contributed by atoms with E-state index in [1.165, 1.54) is 42.3 Å². The fourth-order valence-corrected chi connectivity index (χ4v) is 6.51. The Morgan fingerprint density at radius 2 is 1.86 bits per heavy atom. The minimum absolute atomic E-state index is 0.465. The third-order valence-corrected chi connectivity index (χ3v) is 6.95. The molecular formula is C17H26BrN3. The zero-order valence-corrected chi connectivity index (χ0v) is 14.6. The van der Waals surface area contributed by atoms with E-state index in [-0.39, 0.29) is 0 Å². The first kappa shape index (κ1) is 14.3. The van der Waals surface area contributed by atoms with Crippen LogP contribution in [-0.4, -0.2) is 16.3 Å². The highest BCUT2D eigenvalue weighted by Gasteiger charge is 2.51. The molecule has 4 bridgehead atoms. The summed E-state index contributed by atoms with van der Waals surface area (Å²) >= 11 is 3.73. The van der Waals surface area contributed by atoms with E-state index in [1.807, 2.05) is 6.20 Å². The molecule has 0 saturated heterocycles. The predicted molar refractivity (Wildman–Crippen MR) is 87.9 cm³/mol. The SMILES string of the molecule is CCNC(c1c(Br)cnn1C)C1C2CC3CC(C2)CC1C3. The summed E-state index contributed by atoms with van der Waals surface area (Å²) in [6, 6.07) is 0.465. The van der Waals surface area contributed by atoms with Gasteiger partial charge >= 0.3 is 0 Å². The summed E-state index contributed by atoms with van der Waals surface area (Å²) in [6.07, 6.45) is 9.41. The summed E-state index contributed by atoms with van der Waals surface area (Å²) in [7, 11) is 2.08. The molecule has 5 rings (SSSR count). The Morgan fingerprint density at radius 1 is 1.24 bits per heavy atom. The molecule has 4 fully saturated rings. The van der Waals surface area contributed by atoms with Gasteiger partial charge in [-0.2, -0.15) is 5.10 Å². The molecule has 3 nitrogen and oxygen atoms in total. The second-order valence-electron chi connectivity index (χ2n) is 7.54. The number of hydrogen-bond acceptors (Lipinski definition) is 2. The molecule has 0 amide bonds. The van der Waals surface area contributed by atoms with E-state index >= 15 is 0 Å². The molecule has 1 heterocycles. The van der Waals surface area contributed by atoms with E-state index < -0.39 is 0 Å². The summed E-state index contributed by atoms with van der Waals surface area (Å²) in [5.41, 5.74) is 1.36. The highest BCUT2D eigenvalue weighted by molar-refractivity contribution is 9.10. The van der Waals surface area contributed by atoms with Crippen LogP contribution in [0.5, 0.6) is 0 Å². The molecule has 4 aliphatic rings. The van der Waals surface area contributed by atoms with E-state index in [4.69, 9.17) is 0 Å². The zero-order valence-electron chi connectivity index (χ0n) is 13.1. The lowest BCUT2D eigenvalue weighted by Gasteiger charge is -2.56. The van der Waals surface area contributed by atoms with Gasteiger partial charge in [0.25, 0.3) is 0 Å². The van der Waals surface area contributed by atoms with Gasteiger partial charge in [0.05, 0.1) is 22.4 Å². The minimum Gasteiger partial charge on any atom is -0.309 e. The number of nitrogens with zero attached hydrogens (tertiary/aromatic N) is 2. The van der Waals surface area contributed by atoms with Crippen molar-refractivity contribution in [2.24, 2.45) is 36.6 Å². The maximum absolute atomic E-state index is 4.46. The Kier molecular flexibility index (Phi) is 3.65. The van der Waals surface area contributed by atoms with Crippen molar-refractivity contribution in [2.75, 3.05) is 6.54 Å². The fourth-order valence-electron chi connectivity index (χ4n) is 5.92. The second-order valence-corrected chi connectivity index (χ2v) is 8.40. The maximum atomic E-state index is 4.46. The third kappa shape index (κ3) is 2.29. The van der Waals surface area contributed by atoms with Gasteiger partial charge in [-0.3, -0.25) is 4.68 Å². The summed E-state index contributed by atoms with van der Waals surface area (Å²) < 4.78 is 3.24. The Balaban J connectivity index is 1.68. The number of halogens is 1. The Hall–Kier alpha value is -0.350. The van der Waals surface area contributed by atoms with Gasteiger partial charge in [-0.25, -0.2) is 0 Å². The third-order valence-electron chi connectivity index (χ3n) is 6.34. The Morgan fingerprint density at radius 3 is 2.33 bits per heavy atom. The van der Waals surface area contributed by atoms with Gasteiger partial charge in [0.2, 0.25) is 0 Å². The highest BCUT2D eigenvalue weighted by Crippen LogP contribution is 2.59. The van der Waals surface area contributed by atoms with Crippen LogP contribution in [-0.2, 0) is 7.05 Å². The van der Waals surface area contributed by atoms with Crippen molar-refractivity contribution in [3.8, 4) is 0 Å². The maximum Gasteiger partial charge on any atom is 0.0695 e. The molecule has 0 aromatic carbocycles. The summed E-state index contributed by atoms with van der Waals surface area (Å²) in [6.45, 7) is 3.26. The Bertz CT molecular complexity index is 477. The second kappa shape index (κ2) is 5.38. The Labute approximate surface area is 136 Å². The quantitative estimate of drug-likeness (QED) is 0.891. The zero-order chi connectivity index (χ0) is 14.6. The molecule has 21 heavy (non-hydrogen) atoms. The number of aryl methyl sites for hydroxylation is 1. The van der Waals surface area contributed by atoms with Crippen LogP contribution >= 0.6 is 15.9 Å². The van der Waals surface area contributed by atoms with Crippen molar-refractivity contribution >= 4 is 15.9 Å². The van der Waals surface area contributed by atoms with Crippen LogP contribution in [0.1, 0.15) is 50.8 Å². The molecule has 1 atom stereocenters. The molecule has 0 radical (unpaired) electrons. The molecule has 4 aliphatic carbocycles. The molecule has 0 spiro atoms. The van der Waals surface area contributed by atoms with Gasteiger partial charge < -0.3 is 5.32 Å². The smallest absolute Gasteiger partial charge is 0.0695 e. The summed E-state index contributed by atoms with van der Waals surface area (Å²) in [5.74, 6) is 4.77. The van der Waals surface area contributed by atoms with Gasteiger partial charge in [0, 0.05) is 7.05 Å². The highest BCUT2D eigenvalue weighted by atomic mass is 79.9. The van der Waals surface area contributed by atoms with Crippen molar-refractivity contribution in [3.05, 3.63) is 16.4 Å². The van der Waals surface area contributed by atoms with E-state index in [0.717, 1.165) is 36.1 Å². The van der Waals surface area contributed by atoms with Crippen molar-refractivity contribution in [1.29, 1.82) is 0 Å². The average molecular weight is 352 g/mol. The monoisotopic (exact) mass is 351 g/mol. The van der Waals surface area contributed by atoms with E-state index in [2.05, 4.69) is 45.0 Å². The van der Waals surface area contributed by atoms with Crippen LogP contribution in [0.4, 0.5) is 0 Å². The molecule has 4 heteroatoms. The predicted octanol–water partition coefficient (Wildman–Crippen LogP) is 3.91.